The molecule has 2 N–H and O–H groups in total. The summed E-state index contributed by atoms with van der Waals surface area (Å²) >= 11 is 0. The number of methoxy groups -OCH3 is 1. The van der Waals surface area contributed by atoms with Crippen LogP contribution in [0.25, 0.3) is 0 Å². The Labute approximate surface area is 122 Å². The smallest absolute Gasteiger partial charge is 0.390 e. The van der Waals surface area contributed by atoms with E-state index in [1.54, 1.807) is 7.11 Å². The van der Waals surface area contributed by atoms with Gasteiger partial charge < -0.3 is 15.4 Å². The lowest BCUT2D eigenvalue weighted by molar-refractivity contribution is -0.132. The van der Waals surface area contributed by atoms with Crippen LogP contribution < -0.4 is 15.4 Å². The molecule has 0 heterocycles. The maximum Gasteiger partial charge on any atom is 0.390 e. The number of benzene rings is 1. The quantitative estimate of drug-likeness (QED) is 0.627. The summed E-state index contributed by atoms with van der Waals surface area (Å²) < 4.78 is 41.4. The number of hydrogen-bond donors (Lipinski definition) is 2. The summed E-state index contributed by atoms with van der Waals surface area (Å²) in [7, 11) is 1.57. The summed E-state index contributed by atoms with van der Waals surface area (Å²) in [5, 5.41) is 5.57. The van der Waals surface area contributed by atoms with Crippen LogP contribution in [-0.2, 0) is 6.54 Å². The summed E-state index contributed by atoms with van der Waals surface area (Å²) in [6.07, 6.45) is -5.06. The lowest BCUT2D eigenvalue weighted by Gasteiger charge is -2.12. The molecule has 0 unspecified atom stereocenters. The van der Waals surface area contributed by atoms with Gasteiger partial charge in [-0.05, 0) is 24.6 Å². The molecule has 21 heavy (non-hydrogen) atoms. The zero-order valence-corrected chi connectivity index (χ0v) is 12.1. The molecule has 0 amide bonds. The van der Waals surface area contributed by atoms with Crippen LogP contribution >= 0.6 is 0 Å². The van der Waals surface area contributed by atoms with Crippen LogP contribution in [0.4, 0.5) is 13.2 Å². The van der Waals surface area contributed by atoms with E-state index in [0.29, 0.717) is 19.0 Å². The Morgan fingerprint density at radius 3 is 2.67 bits per heavy atom. The highest BCUT2D eigenvalue weighted by Crippen LogP contribution is 2.18. The first kappa shape index (κ1) is 17.1. The maximum absolute atomic E-state index is 12.1. The van der Waals surface area contributed by atoms with E-state index in [1.165, 1.54) is 0 Å². The summed E-state index contributed by atoms with van der Waals surface area (Å²) in [4.78, 5) is 4.25. The Hall–Kier alpha value is -1.92. The SMILES string of the molecule is CCNC(=NCc1cccc(OC)c1)NCCC(F)(F)F. The van der Waals surface area contributed by atoms with Crippen molar-refractivity contribution in [1.29, 1.82) is 0 Å². The Morgan fingerprint density at radius 1 is 1.29 bits per heavy atom. The van der Waals surface area contributed by atoms with Crippen molar-refractivity contribution in [3.63, 3.8) is 0 Å². The third-order valence-corrected chi connectivity index (χ3v) is 2.60. The maximum atomic E-state index is 12.1. The van der Waals surface area contributed by atoms with Crippen molar-refractivity contribution in [2.45, 2.75) is 26.1 Å². The highest BCUT2D eigenvalue weighted by Gasteiger charge is 2.26. The van der Waals surface area contributed by atoms with E-state index in [2.05, 4.69) is 15.6 Å². The highest BCUT2D eigenvalue weighted by molar-refractivity contribution is 5.79. The molecule has 0 saturated heterocycles. The van der Waals surface area contributed by atoms with E-state index < -0.39 is 12.6 Å². The number of halogens is 3. The van der Waals surface area contributed by atoms with Gasteiger partial charge in [0.2, 0.25) is 0 Å². The molecule has 1 rings (SSSR count). The molecule has 0 aliphatic heterocycles. The van der Waals surface area contributed by atoms with Crippen LogP contribution in [0, 0.1) is 0 Å². The Balaban J connectivity index is 2.58. The second-order valence-corrected chi connectivity index (χ2v) is 4.34. The number of hydrogen-bond acceptors (Lipinski definition) is 2. The molecule has 0 spiro atoms. The van der Waals surface area contributed by atoms with E-state index in [4.69, 9.17) is 4.74 Å². The van der Waals surface area contributed by atoms with Gasteiger partial charge in [-0.1, -0.05) is 12.1 Å². The lowest BCUT2D eigenvalue weighted by Crippen LogP contribution is -2.38. The monoisotopic (exact) mass is 303 g/mol. The van der Waals surface area contributed by atoms with Gasteiger partial charge in [0.05, 0.1) is 20.1 Å². The average Bonchev–Trinajstić information content (AvgIpc) is 2.43. The van der Waals surface area contributed by atoms with Gasteiger partial charge in [-0.2, -0.15) is 13.2 Å². The van der Waals surface area contributed by atoms with Crippen molar-refractivity contribution < 1.29 is 17.9 Å². The van der Waals surface area contributed by atoms with Crippen LogP contribution in [-0.4, -0.2) is 32.3 Å². The molecular weight excluding hydrogens is 283 g/mol. The summed E-state index contributed by atoms with van der Waals surface area (Å²) in [5.74, 6) is 1.09. The molecule has 1 aromatic rings. The first-order valence-electron chi connectivity index (χ1n) is 6.66. The van der Waals surface area contributed by atoms with Gasteiger partial charge >= 0.3 is 6.18 Å². The summed E-state index contributed by atoms with van der Waals surface area (Å²) in [6.45, 7) is 2.59. The van der Waals surface area contributed by atoms with Gasteiger partial charge in [-0.15, -0.1) is 0 Å². The van der Waals surface area contributed by atoms with Crippen molar-refractivity contribution in [2.24, 2.45) is 4.99 Å². The van der Waals surface area contributed by atoms with Gasteiger partial charge in [-0.25, -0.2) is 4.99 Å². The molecule has 0 radical (unpaired) electrons. The molecule has 0 atom stereocenters. The number of guanidine groups is 1. The van der Waals surface area contributed by atoms with Crippen molar-refractivity contribution in [1.82, 2.24) is 10.6 Å². The number of alkyl halides is 3. The molecule has 0 fully saturated rings. The Bertz CT molecular complexity index is 461. The minimum Gasteiger partial charge on any atom is -0.497 e. The second-order valence-electron chi connectivity index (χ2n) is 4.34. The van der Waals surface area contributed by atoms with Crippen LogP contribution in [0.3, 0.4) is 0 Å². The van der Waals surface area contributed by atoms with Crippen LogP contribution in [0.5, 0.6) is 5.75 Å². The first-order chi connectivity index (χ1) is 9.94. The van der Waals surface area contributed by atoms with Gasteiger partial charge in [0.15, 0.2) is 5.96 Å². The molecule has 118 valence electrons. The van der Waals surface area contributed by atoms with Gasteiger partial charge in [0, 0.05) is 13.1 Å². The van der Waals surface area contributed by atoms with Crippen molar-refractivity contribution in [3.05, 3.63) is 29.8 Å². The number of rotatable bonds is 6. The number of aliphatic imine (C=N–C) groups is 1. The predicted octanol–water partition coefficient (Wildman–Crippen LogP) is 2.70. The molecule has 0 aliphatic carbocycles. The topological polar surface area (TPSA) is 45.7 Å². The van der Waals surface area contributed by atoms with E-state index in [-0.39, 0.29) is 6.54 Å². The van der Waals surface area contributed by atoms with Crippen molar-refractivity contribution >= 4 is 5.96 Å². The lowest BCUT2D eigenvalue weighted by atomic mass is 10.2. The molecule has 0 aromatic heterocycles. The highest BCUT2D eigenvalue weighted by atomic mass is 19.4. The van der Waals surface area contributed by atoms with Crippen LogP contribution in [0.15, 0.2) is 29.3 Å². The first-order valence-corrected chi connectivity index (χ1v) is 6.66. The summed E-state index contributed by atoms with van der Waals surface area (Å²) in [6, 6.07) is 7.38. The molecular formula is C14H20F3N3O. The Kier molecular flexibility index (Phi) is 6.84. The van der Waals surface area contributed by atoms with E-state index in [0.717, 1.165) is 11.3 Å². The number of nitrogens with one attached hydrogen (secondary N) is 2. The molecule has 4 nitrogen and oxygen atoms in total. The largest absolute Gasteiger partial charge is 0.497 e. The number of ether oxygens (including phenoxy) is 1. The standard InChI is InChI=1S/C14H20F3N3O/c1-3-18-13(19-8-7-14(15,16)17)20-10-11-5-4-6-12(9-11)21-2/h4-6,9H,3,7-8,10H2,1-2H3,(H2,18,19,20). The van der Waals surface area contributed by atoms with Gasteiger partial charge in [0.1, 0.15) is 5.75 Å². The fraction of sp³-hybridized carbons (Fsp3) is 0.500. The fourth-order valence-electron chi connectivity index (χ4n) is 1.61. The van der Waals surface area contributed by atoms with E-state index >= 15 is 0 Å². The van der Waals surface area contributed by atoms with E-state index in [1.807, 2.05) is 31.2 Å². The average molecular weight is 303 g/mol. The third kappa shape index (κ3) is 7.43. The van der Waals surface area contributed by atoms with Crippen molar-refractivity contribution in [3.8, 4) is 5.75 Å². The van der Waals surface area contributed by atoms with Crippen molar-refractivity contribution in [2.75, 3.05) is 20.2 Å². The third-order valence-electron chi connectivity index (χ3n) is 2.60. The van der Waals surface area contributed by atoms with Crippen LogP contribution in [0.1, 0.15) is 18.9 Å². The number of nitrogens with zero attached hydrogens (tertiary/aromatic N) is 1. The Morgan fingerprint density at radius 2 is 2.05 bits per heavy atom. The minimum absolute atomic E-state index is 0.201. The van der Waals surface area contributed by atoms with Gasteiger partial charge in [-0.3, -0.25) is 0 Å². The molecule has 1 aromatic carbocycles. The molecule has 7 heteroatoms. The fourth-order valence-corrected chi connectivity index (χ4v) is 1.61. The van der Waals surface area contributed by atoms with E-state index in [9.17, 15) is 13.2 Å². The van der Waals surface area contributed by atoms with Crippen LogP contribution in [0.2, 0.25) is 0 Å². The summed E-state index contributed by atoms with van der Waals surface area (Å²) in [5.41, 5.74) is 0.919. The molecule has 0 aliphatic rings. The second kappa shape index (κ2) is 8.39. The van der Waals surface area contributed by atoms with Gasteiger partial charge in [0.25, 0.3) is 0 Å². The molecule has 0 bridgehead atoms. The zero-order valence-electron chi connectivity index (χ0n) is 12.1. The zero-order chi connectivity index (χ0) is 15.7. The molecule has 0 saturated carbocycles. The predicted molar refractivity (Wildman–Crippen MR) is 76.5 cm³/mol. The normalized spacial score (nSPS) is 12.1. The minimum atomic E-state index is -4.17.